The summed E-state index contributed by atoms with van der Waals surface area (Å²) in [6, 6.07) is 0.729. The van der Waals surface area contributed by atoms with Crippen molar-refractivity contribution in [2.24, 2.45) is 5.92 Å². The molecule has 2 fully saturated rings. The Morgan fingerprint density at radius 2 is 1.67 bits per heavy atom. The second-order valence-electron chi connectivity index (χ2n) is 8.40. The molecule has 3 nitrogen and oxygen atoms in total. The van der Waals surface area contributed by atoms with Crippen LogP contribution in [0.3, 0.4) is 0 Å². The van der Waals surface area contributed by atoms with Crippen LogP contribution in [0.4, 0.5) is 0 Å². The fourth-order valence-corrected chi connectivity index (χ4v) is 4.43. The van der Waals surface area contributed by atoms with Crippen LogP contribution >= 0.6 is 0 Å². The highest BCUT2D eigenvalue weighted by Crippen LogP contribution is 2.31. The summed E-state index contributed by atoms with van der Waals surface area (Å²) in [5.41, 5.74) is -0.0501. The highest BCUT2D eigenvalue weighted by atomic mass is 16.5. The Hall–Kier alpha value is -0.120. The first-order chi connectivity index (χ1) is 9.81. The number of nitrogens with one attached hydrogen (secondary N) is 1. The summed E-state index contributed by atoms with van der Waals surface area (Å²) in [7, 11) is 0. The van der Waals surface area contributed by atoms with E-state index in [4.69, 9.17) is 4.74 Å². The summed E-state index contributed by atoms with van der Waals surface area (Å²) in [4.78, 5) is 2.65. The monoisotopic (exact) mass is 296 g/mol. The number of ether oxygens (including phenoxy) is 1. The van der Waals surface area contributed by atoms with Crippen molar-refractivity contribution in [1.82, 2.24) is 10.2 Å². The van der Waals surface area contributed by atoms with E-state index in [2.05, 4.69) is 44.8 Å². The molecule has 2 unspecified atom stereocenters. The maximum atomic E-state index is 6.21. The molecule has 0 amide bonds. The van der Waals surface area contributed by atoms with Gasteiger partial charge < -0.3 is 10.1 Å². The third kappa shape index (κ3) is 5.22. The zero-order valence-electron chi connectivity index (χ0n) is 14.9. The van der Waals surface area contributed by atoms with Crippen molar-refractivity contribution in [1.29, 1.82) is 0 Å². The molecule has 0 spiro atoms. The quantitative estimate of drug-likeness (QED) is 0.841. The zero-order valence-corrected chi connectivity index (χ0v) is 14.9. The van der Waals surface area contributed by atoms with Gasteiger partial charge in [-0.2, -0.15) is 0 Å². The smallest absolute Gasteiger partial charge is 0.0760 e. The van der Waals surface area contributed by atoms with Gasteiger partial charge in [-0.25, -0.2) is 0 Å². The molecular weight excluding hydrogens is 260 g/mol. The Kier molecular flexibility index (Phi) is 5.72. The molecule has 3 heteroatoms. The molecule has 0 aromatic heterocycles. The van der Waals surface area contributed by atoms with Crippen molar-refractivity contribution < 1.29 is 4.74 Å². The van der Waals surface area contributed by atoms with E-state index in [1.165, 1.54) is 45.2 Å². The molecule has 1 heterocycles. The van der Waals surface area contributed by atoms with Gasteiger partial charge in [0, 0.05) is 25.7 Å². The Bertz CT molecular complexity index is 311. The Labute approximate surface area is 131 Å². The lowest BCUT2D eigenvalue weighted by molar-refractivity contribution is -0.182. The SMILES string of the molecule is CCCNC1CCCCC1CN1CC(C)(C)OC(C)(C)C1. The van der Waals surface area contributed by atoms with E-state index >= 15 is 0 Å². The first-order valence-corrected chi connectivity index (χ1v) is 8.97. The number of rotatable bonds is 5. The largest absolute Gasteiger partial charge is 0.367 e. The number of morpholine rings is 1. The standard InChI is InChI=1S/C18H36N2O/c1-6-11-19-16-10-8-7-9-15(16)12-20-13-17(2,3)21-18(4,5)14-20/h15-16,19H,6-14H2,1-5H3. The third-order valence-corrected chi connectivity index (χ3v) is 4.82. The van der Waals surface area contributed by atoms with Crippen LogP contribution < -0.4 is 5.32 Å². The average Bonchev–Trinajstić information content (AvgIpc) is 2.34. The fourth-order valence-electron chi connectivity index (χ4n) is 4.43. The van der Waals surface area contributed by atoms with E-state index in [1.54, 1.807) is 0 Å². The van der Waals surface area contributed by atoms with Crippen molar-refractivity contribution >= 4 is 0 Å². The summed E-state index contributed by atoms with van der Waals surface area (Å²) in [5, 5.41) is 3.79. The van der Waals surface area contributed by atoms with Gasteiger partial charge in [-0.05, 0) is 59.4 Å². The Morgan fingerprint density at radius 1 is 1.05 bits per heavy atom. The first-order valence-electron chi connectivity index (χ1n) is 8.97. The second kappa shape index (κ2) is 6.97. The Balaban J connectivity index is 1.94. The lowest BCUT2D eigenvalue weighted by Crippen LogP contribution is -2.59. The molecule has 21 heavy (non-hydrogen) atoms. The van der Waals surface area contributed by atoms with Crippen LogP contribution in [0.1, 0.15) is 66.7 Å². The molecule has 0 bridgehead atoms. The minimum Gasteiger partial charge on any atom is -0.367 e. The summed E-state index contributed by atoms with van der Waals surface area (Å²) in [5.74, 6) is 0.815. The molecule has 2 rings (SSSR count). The second-order valence-corrected chi connectivity index (χ2v) is 8.40. The third-order valence-electron chi connectivity index (χ3n) is 4.82. The summed E-state index contributed by atoms with van der Waals surface area (Å²) in [6.07, 6.45) is 6.80. The Morgan fingerprint density at radius 3 is 2.29 bits per heavy atom. The molecule has 2 aliphatic rings. The topological polar surface area (TPSA) is 24.5 Å². The van der Waals surface area contributed by atoms with Gasteiger partial charge in [-0.1, -0.05) is 19.8 Å². The van der Waals surface area contributed by atoms with E-state index in [0.717, 1.165) is 25.0 Å². The van der Waals surface area contributed by atoms with Crippen LogP contribution in [0.15, 0.2) is 0 Å². The van der Waals surface area contributed by atoms with Crippen molar-refractivity contribution in [2.45, 2.75) is 84.0 Å². The first kappa shape index (κ1) is 17.2. The molecule has 1 aliphatic heterocycles. The van der Waals surface area contributed by atoms with Gasteiger partial charge in [-0.15, -0.1) is 0 Å². The summed E-state index contributed by atoms with van der Waals surface area (Å²) < 4.78 is 6.21. The van der Waals surface area contributed by atoms with Crippen LogP contribution in [-0.4, -0.2) is 48.3 Å². The molecule has 1 saturated heterocycles. The van der Waals surface area contributed by atoms with Gasteiger partial charge in [0.15, 0.2) is 0 Å². The van der Waals surface area contributed by atoms with Gasteiger partial charge in [0.2, 0.25) is 0 Å². The molecule has 0 radical (unpaired) electrons. The van der Waals surface area contributed by atoms with Gasteiger partial charge >= 0.3 is 0 Å². The van der Waals surface area contributed by atoms with E-state index in [0.29, 0.717) is 0 Å². The van der Waals surface area contributed by atoms with Gasteiger partial charge in [0.1, 0.15) is 0 Å². The molecule has 1 aliphatic carbocycles. The van der Waals surface area contributed by atoms with E-state index in [-0.39, 0.29) is 11.2 Å². The highest BCUT2D eigenvalue weighted by molar-refractivity contribution is 4.92. The lowest BCUT2D eigenvalue weighted by Gasteiger charge is -2.49. The maximum absolute atomic E-state index is 6.21. The molecule has 124 valence electrons. The summed E-state index contributed by atoms with van der Waals surface area (Å²) in [6.45, 7) is 15.7. The van der Waals surface area contributed by atoms with Crippen molar-refractivity contribution in [3.63, 3.8) is 0 Å². The van der Waals surface area contributed by atoms with Crippen molar-refractivity contribution in [2.75, 3.05) is 26.2 Å². The van der Waals surface area contributed by atoms with Crippen molar-refractivity contribution in [3.8, 4) is 0 Å². The molecule has 2 atom stereocenters. The predicted octanol–water partition coefficient (Wildman–Crippen LogP) is 3.43. The molecule has 1 saturated carbocycles. The van der Waals surface area contributed by atoms with Crippen molar-refractivity contribution in [3.05, 3.63) is 0 Å². The molecule has 1 N–H and O–H groups in total. The minimum atomic E-state index is -0.0250. The van der Waals surface area contributed by atoms with Crippen LogP contribution in [0.25, 0.3) is 0 Å². The molecular formula is C18H36N2O. The average molecular weight is 296 g/mol. The highest BCUT2D eigenvalue weighted by Gasteiger charge is 2.39. The van der Waals surface area contributed by atoms with Crippen LogP contribution in [0.5, 0.6) is 0 Å². The van der Waals surface area contributed by atoms with Crippen LogP contribution in [-0.2, 0) is 4.74 Å². The van der Waals surface area contributed by atoms with E-state index in [9.17, 15) is 0 Å². The predicted molar refractivity (Wildman–Crippen MR) is 89.7 cm³/mol. The van der Waals surface area contributed by atoms with Gasteiger partial charge in [0.05, 0.1) is 11.2 Å². The molecule has 0 aromatic rings. The van der Waals surface area contributed by atoms with Crippen LogP contribution in [0, 0.1) is 5.92 Å². The number of hydrogen-bond donors (Lipinski definition) is 1. The molecule has 0 aromatic carbocycles. The lowest BCUT2D eigenvalue weighted by atomic mass is 9.83. The minimum absolute atomic E-state index is 0.0250. The zero-order chi connectivity index (χ0) is 15.5. The van der Waals surface area contributed by atoms with E-state index < -0.39 is 0 Å². The normalized spacial score (nSPS) is 33.0. The number of nitrogens with zero attached hydrogens (tertiary/aromatic N) is 1. The summed E-state index contributed by atoms with van der Waals surface area (Å²) >= 11 is 0. The number of hydrogen-bond acceptors (Lipinski definition) is 3. The van der Waals surface area contributed by atoms with Crippen LogP contribution in [0.2, 0.25) is 0 Å². The van der Waals surface area contributed by atoms with Gasteiger partial charge in [0.25, 0.3) is 0 Å². The van der Waals surface area contributed by atoms with E-state index in [1.807, 2.05) is 0 Å². The fraction of sp³-hybridized carbons (Fsp3) is 1.00. The maximum Gasteiger partial charge on any atom is 0.0760 e. The van der Waals surface area contributed by atoms with Gasteiger partial charge in [-0.3, -0.25) is 4.90 Å².